The summed E-state index contributed by atoms with van der Waals surface area (Å²) in [6.45, 7) is 3.18. The molecule has 2 aromatic rings. The van der Waals surface area contributed by atoms with Crippen LogP contribution in [0.5, 0.6) is 0 Å². The van der Waals surface area contributed by atoms with Crippen molar-refractivity contribution in [3.8, 4) is 0 Å². The van der Waals surface area contributed by atoms with Crippen molar-refractivity contribution in [3.05, 3.63) is 66.2 Å². The van der Waals surface area contributed by atoms with Crippen LogP contribution in [0.2, 0.25) is 0 Å². The third kappa shape index (κ3) is 7.03. The standard InChI is InChI=1S/C25H36N4O3S/c1-27(2)25(30)26-23-15-18-29(19-16-23)17-14-22(21-10-6-4-7-11-21)20-28(3)33(31,32)24-12-8-5-9-13-24/h4-13,22-23H,14-20H2,1-3H3,(H,26,30). The fraction of sp³-hybridized carbons (Fsp3) is 0.480. The second-order valence-electron chi connectivity index (χ2n) is 8.95. The molecule has 0 radical (unpaired) electrons. The number of nitrogens with zero attached hydrogens (tertiary/aromatic N) is 3. The molecule has 8 heteroatoms. The van der Waals surface area contributed by atoms with Crippen LogP contribution in [0, 0.1) is 0 Å². The molecule has 2 aromatic carbocycles. The summed E-state index contributed by atoms with van der Waals surface area (Å²) in [7, 11) is 1.63. The van der Waals surface area contributed by atoms with Crippen molar-refractivity contribution in [2.24, 2.45) is 0 Å². The molecule has 0 saturated carbocycles. The number of carbonyl (C=O) groups excluding carboxylic acids is 1. The number of nitrogens with one attached hydrogen (secondary N) is 1. The van der Waals surface area contributed by atoms with Crippen LogP contribution in [0.25, 0.3) is 0 Å². The zero-order valence-corrected chi connectivity index (χ0v) is 20.7. The third-order valence-electron chi connectivity index (χ3n) is 6.32. The van der Waals surface area contributed by atoms with Crippen LogP contribution < -0.4 is 5.32 Å². The molecule has 1 N–H and O–H groups in total. The molecule has 1 aliphatic rings. The first kappa shape index (κ1) is 25.2. The summed E-state index contributed by atoms with van der Waals surface area (Å²) in [5.74, 6) is 0.0980. The molecular formula is C25H36N4O3S. The molecular weight excluding hydrogens is 436 g/mol. The van der Waals surface area contributed by atoms with E-state index in [0.717, 1.165) is 44.5 Å². The van der Waals surface area contributed by atoms with Gasteiger partial charge in [0.1, 0.15) is 0 Å². The fourth-order valence-corrected chi connectivity index (χ4v) is 5.45. The zero-order valence-electron chi connectivity index (χ0n) is 19.9. The Morgan fingerprint density at radius 1 is 1.00 bits per heavy atom. The van der Waals surface area contributed by atoms with Gasteiger partial charge in [0.2, 0.25) is 10.0 Å². The summed E-state index contributed by atoms with van der Waals surface area (Å²) >= 11 is 0. The smallest absolute Gasteiger partial charge is 0.317 e. The van der Waals surface area contributed by atoms with E-state index in [4.69, 9.17) is 0 Å². The third-order valence-corrected chi connectivity index (χ3v) is 8.15. The molecule has 0 aromatic heterocycles. The lowest BCUT2D eigenvalue weighted by molar-refractivity contribution is 0.178. The van der Waals surface area contributed by atoms with Crippen LogP contribution in [-0.2, 0) is 10.0 Å². The van der Waals surface area contributed by atoms with Gasteiger partial charge in [0.15, 0.2) is 0 Å². The minimum absolute atomic E-state index is 0.0414. The highest BCUT2D eigenvalue weighted by Gasteiger charge is 2.26. The van der Waals surface area contributed by atoms with E-state index < -0.39 is 10.0 Å². The summed E-state index contributed by atoms with van der Waals surface area (Å²) in [5.41, 5.74) is 1.15. The summed E-state index contributed by atoms with van der Waals surface area (Å²) < 4.78 is 27.6. The number of sulfonamides is 1. The van der Waals surface area contributed by atoms with Crippen molar-refractivity contribution in [1.82, 2.24) is 19.4 Å². The maximum Gasteiger partial charge on any atom is 0.317 e. The first-order chi connectivity index (χ1) is 15.8. The SMILES string of the molecule is CN(C)C(=O)NC1CCN(CCC(CN(C)S(=O)(=O)c2ccccc2)c2ccccc2)CC1. The Kier molecular flexibility index (Phi) is 8.88. The molecule has 0 bridgehead atoms. The van der Waals surface area contributed by atoms with Crippen molar-refractivity contribution in [2.75, 3.05) is 47.3 Å². The molecule has 33 heavy (non-hydrogen) atoms. The topological polar surface area (TPSA) is 73.0 Å². The number of rotatable bonds is 9. The molecule has 1 fully saturated rings. The lowest BCUT2D eigenvalue weighted by atomic mass is 9.94. The van der Waals surface area contributed by atoms with Gasteiger partial charge in [0.25, 0.3) is 0 Å². The molecule has 1 unspecified atom stereocenters. The van der Waals surface area contributed by atoms with Gasteiger partial charge in [-0.25, -0.2) is 17.5 Å². The van der Waals surface area contributed by atoms with E-state index in [1.165, 1.54) is 4.31 Å². The largest absolute Gasteiger partial charge is 0.335 e. The number of piperidine rings is 1. The molecule has 1 atom stereocenters. The van der Waals surface area contributed by atoms with Crippen LogP contribution in [-0.4, -0.2) is 81.9 Å². The second-order valence-corrected chi connectivity index (χ2v) is 11.0. The summed E-state index contributed by atoms with van der Waals surface area (Å²) in [6.07, 6.45) is 2.73. The molecule has 7 nitrogen and oxygen atoms in total. The minimum atomic E-state index is -3.54. The number of amides is 2. The second kappa shape index (κ2) is 11.6. The Hall–Kier alpha value is -2.42. The normalized spacial score (nSPS) is 16.5. The number of urea groups is 1. The molecule has 1 saturated heterocycles. The maximum atomic E-state index is 13.1. The van der Waals surface area contributed by atoms with Crippen LogP contribution in [0.1, 0.15) is 30.7 Å². The van der Waals surface area contributed by atoms with Gasteiger partial charge >= 0.3 is 6.03 Å². The van der Waals surface area contributed by atoms with Crippen molar-refractivity contribution >= 4 is 16.1 Å². The Bertz CT molecular complexity index is 975. The number of likely N-dealkylation sites (N-methyl/N-ethyl adjacent to an activating group) is 1. The zero-order chi connectivity index (χ0) is 23.8. The van der Waals surface area contributed by atoms with Crippen LogP contribution in [0.15, 0.2) is 65.6 Å². The van der Waals surface area contributed by atoms with Gasteiger partial charge in [-0.1, -0.05) is 48.5 Å². The van der Waals surface area contributed by atoms with E-state index in [9.17, 15) is 13.2 Å². The van der Waals surface area contributed by atoms with E-state index in [2.05, 4.69) is 22.3 Å². The van der Waals surface area contributed by atoms with Crippen molar-refractivity contribution in [1.29, 1.82) is 0 Å². The highest BCUT2D eigenvalue weighted by molar-refractivity contribution is 7.89. The van der Waals surface area contributed by atoms with Crippen molar-refractivity contribution in [3.63, 3.8) is 0 Å². The predicted molar refractivity (Wildman–Crippen MR) is 132 cm³/mol. The molecule has 180 valence electrons. The molecule has 0 spiro atoms. The molecule has 3 rings (SSSR count). The average molecular weight is 473 g/mol. The summed E-state index contributed by atoms with van der Waals surface area (Å²) in [5, 5.41) is 3.07. The number of benzene rings is 2. The first-order valence-corrected chi connectivity index (χ1v) is 13.0. The van der Waals surface area contributed by atoms with E-state index in [0.29, 0.717) is 11.4 Å². The van der Waals surface area contributed by atoms with Gasteiger partial charge in [0.05, 0.1) is 4.90 Å². The average Bonchev–Trinajstić information content (AvgIpc) is 2.83. The molecule has 2 amide bonds. The number of hydrogen-bond donors (Lipinski definition) is 1. The number of likely N-dealkylation sites (tertiary alicyclic amines) is 1. The maximum absolute atomic E-state index is 13.1. The van der Waals surface area contributed by atoms with E-state index in [-0.39, 0.29) is 18.0 Å². The molecule has 0 aliphatic carbocycles. The lowest BCUT2D eigenvalue weighted by Crippen LogP contribution is -2.47. The molecule has 1 heterocycles. The van der Waals surface area contributed by atoms with Gasteiger partial charge in [0, 0.05) is 46.8 Å². The monoisotopic (exact) mass is 472 g/mol. The number of hydrogen-bond acceptors (Lipinski definition) is 4. The van der Waals surface area contributed by atoms with Gasteiger partial charge in [-0.2, -0.15) is 0 Å². The number of carbonyl (C=O) groups is 1. The van der Waals surface area contributed by atoms with Crippen LogP contribution in [0.3, 0.4) is 0 Å². The van der Waals surface area contributed by atoms with E-state index in [1.807, 2.05) is 24.3 Å². The van der Waals surface area contributed by atoms with Gasteiger partial charge in [-0.3, -0.25) is 0 Å². The van der Waals surface area contributed by atoms with E-state index in [1.54, 1.807) is 50.3 Å². The van der Waals surface area contributed by atoms with Crippen LogP contribution in [0.4, 0.5) is 4.79 Å². The fourth-order valence-electron chi connectivity index (χ4n) is 4.21. The lowest BCUT2D eigenvalue weighted by Gasteiger charge is -2.34. The van der Waals surface area contributed by atoms with Gasteiger partial charge in [-0.15, -0.1) is 0 Å². The Balaban J connectivity index is 1.60. The van der Waals surface area contributed by atoms with Crippen molar-refractivity contribution in [2.45, 2.75) is 36.1 Å². The Morgan fingerprint density at radius 3 is 2.15 bits per heavy atom. The highest BCUT2D eigenvalue weighted by atomic mass is 32.2. The Morgan fingerprint density at radius 2 is 1.58 bits per heavy atom. The summed E-state index contributed by atoms with van der Waals surface area (Å²) in [6, 6.07) is 18.9. The Labute approximate surface area is 198 Å². The van der Waals surface area contributed by atoms with Crippen molar-refractivity contribution < 1.29 is 13.2 Å². The molecule has 1 aliphatic heterocycles. The quantitative estimate of drug-likeness (QED) is 0.608. The van der Waals surface area contributed by atoms with Crippen LogP contribution >= 0.6 is 0 Å². The highest BCUT2D eigenvalue weighted by Crippen LogP contribution is 2.25. The van der Waals surface area contributed by atoms with E-state index >= 15 is 0 Å². The summed E-state index contributed by atoms with van der Waals surface area (Å²) in [4.78, 5) is 16.2. The predicted octanol–water partition coefficient (Wildman–Crippen LogP) is 3.22. The van der Waals surface area contributed by atoms with Gasteiger partial charge < -0.3 is 15.1 Å². The van der Waals surface area contributed by atoms with Gasteiger partial charge in [-0.05, 0) is 49.4 Å². The minimum Gasteiger partial charge on any atom is -0.335 e. The first-order valence-electron chi connectivity index (χ1n) is 11.5.